The summed E-state index contributed by atoms with van der Waals surface area (Å²) < 4.78 is 7.96. The van der Waals surface area contributed by atoms with Crippen molar-refractivity contribution in [1.82, 2.24) is 0 Å². The van der Waals surface area contributed by atoms with Gasteiger partial charge < -0.3 is 14.2 Å². The Balaban J connectivity index is 1.17. The van der Waals surface area contributed by atoms with Gasteiger partial charge in [-0.2, -0.15) is 0 Å². The van der Waals surface area contributed by atoms with Gasteiger partial charge in [0.1, 0.15) is 5.58 Å². The molecule has 2 bridgehead atoms. The first kappa shape index (κ1) is 51.2. The van der Waals surface area contributed by atoms with E-state index in [4.69, 9.17) is 4.42 Å². The van der Waals surface area contributed by atoms with Crippen molar-refractivity contribution >= 4 is 74.0 Å². The predicted octanol–water partition coefficient (Wildman–Crippen LogP) is 18.9. The molecule has 2 unspecified atom stereocenters. The van der Waals surface area contributed by atoms with Gasteiger partial charge in [0.05, 0.1) is 22.7 Å². The third-order valence-electron chi connectivity index (χ3n) is 21.7. The molecule has 4 heteroatoms. The second kappa shape index (κ2) is 16.4. The highest BCUT2D eigenvalue weighted by molar-refractivity contribution is 7.00. The van der Waals surface area contributed by atoms with Crippen LogP contribution in [-0.2, 0) is 43.3 Å². The number of furan rings is 1. The Morgan fingerprint density at radius 3 is 1.65 bits per heavy atom. The first-order chi connectivity index (χ1) is 37.1. The van der Waals surface area contributed by atoms with Crippen LogP contribution in [0, 0.1) is 0 Å². The molecule has 79 heavy (non-hydrogen) atoms. The Morgan fingerprint density at radius 1 is 0.481 bits per heavy atom. The molecule has 2 atom stereocenters. The Kier molecular flexibility index (Phi) is 10.6. The lowest BCUT2D eigenvalue weighted by Gasteiger charge is -2.48. The van der Waals surface area contributed by atoms with Gasteiger partial charge in [-0.15, -0.1) is 0 Å². The molecule has 404 valence electrons. The van der Waals surface area contributed by atoms with Crippen molar-refractivity contribution in [3.05, 3.63) is 165 Å². The van der Waals surface area contributed by atoms with Crippen LogP contribution in [0.5, 0.6) is 0 Å². The zero-order chi connectivity index (χ0) is 55.5. The number of rotatable bonds is 4. The summed E-state index contributed by atoms with van der Waals surface area (Å²) in [6.07, 6.45) is 17.8. The molecule has 1 saturated carbocycles. The van der Waals surface area contributed by atoms with Crippen LogP contribution in [0.4, 0.5) is 34.1 Å². The van der Waals surface area contributed by atoms with E-state index in [-0.39, 0.29) is 50.0 Å². The molecule has 7 aliphatic rings. The molecule has 0 radical (unpaired) electrons. The van der Waals surface area contributed by atoms with Crippen LogP contribution in [0.15, 0.2) is 120 Å². The van der Waals surface area contributed by atoms with E-state index in [9.17, 15) is 0 Å². The average molecular weight is 1040 g/mol. The molecular weight excluding hydrogens is 956 g/mol. The van der Waals surface area contributed by atoms with Gasteiger partial charge in [0, 0.05) is 33.6 Å². The van der Waals surface area contributed by atoms with Gasteiger partial charge in [0.15, 0.2) is 0 Å². The number of fused-ring (bicyclic) bond motifs is 13. The van der Waals surface area contributed by atoms with E-state index in [0.717, 1.165) is 43.3 Å². The van der Waals surface area contributed by atoms with E-state index in [1.54, 1.807) is 5.56 Å². The largest absolute Gasteiger partial charge is 0.468 e. The number of nitrogens with zero attached hydrogens (tertiary/aromatic N) is 2. The molecule has 0 spiro atoms. The number of hydrogen-bond acceptors (Lipinski definition) is 3. The minimum atomic E-state index is -0.180. The molecule has 1 aromatic heterocycles. The molecule has 0 N–H and O–H groups in total. The first-order valence-corrected chi connectivity index (χ1v) is 30.4. The molecule has 0 amide bonds. The fourth-order valence-corrected chi connectivity index (χ4v) is 16.5. The SMILES string of the molecule is CC(C)(C)c1ccc(N2c3cc4c(cc3B3c5oc6cc7c(cc6c5N(c5cc6c(cc5C5=CCCC=C5)C(C)(C)CCC6(C)C)c5cc(C(C)(C)C)cc2c53)C2(C)CCC7(C)C2)C(C)(C)CCC4(C)C)c(-c2ccccc2)c1. The van der Waals surface area contributed by atoms with E-state index >= 15 is 0 Å². The van der Waals surface area contributed by atoms with Crippen LogP contribution in [0.2, 0.25) is 0 Å². The Hall–Kier alpha value is -6.00. The zero-order valence-electron chi connectivity index (χ0n) is 50.7. The summed E-state index contributed by atoms with van der Waals surface area (Å²) in [5.41, 5.74) is 29.2. The minimum Gasteiger partial charge on any atom is -0.468 e. The van der Waals surface area contributed by atoms with E-state index < -0.39 is 0 Å². The van der Waals surface area contributed by atoms with Crippen LogP contribution < -0.4 is 26.4 Å². The quantitative estimate of drug-likeness (QED) is 0.164. The van der Waals surface area contributed by atoms with Crippen molar-refractivity contribution in [2.45, 2.75) is 212 Å². The van der Waals surface area contributed by atoms with Crippen molar-refractivity contribution in [1.29, 1.82) is 0 Å². The van der Waals surface area contributed by atoms with Crippen molar-refractivity contribution in [3.63, 3.8) is 0 Å². The molecule has 5 aliphatic carbocycles. The van der Waals surface area contributed by atoms with Crippen LogP contribution >= 0.6 is 0 Å². The molecule has 0 saturated heterocycles. The lowest BCUT2D eigenvalue weighted by atomic mass is 9.35. The smallest absolute Gasteiger partial charge is 0.297 e. The Bertz CT molecular complexity index is 3840. The fraction of sp³-hybridized carbons (Fsp3) is 0.440. The molecule has 6 aromatic carbocycles. The second-order valence-electron chi connectivity index (χ2n) is 31.2. The summed E-state index contributed by atoms with van der Waals surface area (Å²) in [7, 11) is 0. The summed E-state index contributed by atoms with van der Waals surface area (Å²) in [5, 5.41) is 1.25. The van der Waals surface area contributed by atoms with Crippen LogP contribution in [0.3, 0.4) is 0 Å². The van der Waals surface area contributed by atoms with E-state index in [0.29, 0.717) is 0 Å². The van der Waals surface area contributed by atoms with Crippen LogP contribution in [-0.4, -0.2) is 6.71 Å². The summed E-state index contributed by atoms with van der Waals surface area (Å²) in [6, 6.07) is 39.7. The van der Waals surface area contributed by atoms with Crippen molar-refractivity contribution in [3.8, 4) is 11.1 Å². The highest BCUT2D eigenvalue weighted by Gasteiger charge is 2.55. The van der Waals surface area contributed by atoms with E-state index in [1.165, 1.54) is 137 Å². The lowest BCUT2D eigenvalue weighted by Crippen LogP contribution is -2.61. The highest BCUT2D eigenvalue weighted by Crippen LogP contribution is 2.63. The molecule has 3 heterocycles. The normalized spacial score (nSPS) is 23.4. The van der Waals surface area contributed by atoms with E-state index in [1.807, 2.05) is 0 Å². The van der Waals surface area contributed by atoms with Gasteiger partial charge in [0.25, 0.3) is 6.71 Å². The summed E-state index contributed by atoms with van der Waals surface area (Å²) >= 11 is 0. The maximum absolute atomic E-state index is 7.96. The molecule has 14 rings (SSSR count). The van der Waals surface area contributed by atoms with Crippen molar-refractivity contribution in [2.24, 2.45) is 0 Å². The first-order valence-electron chi connectivity index (χ1n) is 30.4. The summed E-state index contributed by atoms with van der Waals surface area (Å²) in [5.74, 6) is 0. The van der Waals surface area contributed by atoms with Crippen molar-refractivity contribution in [2.75, 3.05) is 9.80 Å². The molecular formula is C75H85BN2O. The number of allylic oxidation sites excluding steroid dienone is 4. The Morgan fingerprint density at radius 2 is 1.05 bits per heavy atom. The summed E-state index contributed by atoms with van der Waals surface area (Å²) in [4.78, 5) is 5.51. The van der Waals surface area contributed by atoms with Gasteiger partial charge in [-0.05, 0) is 222 Å². The van der Waals surface area contributed by atoms with Crippen molar-refractivity contribution < 1.29 is 4.42 Å². The maximum Gasteiger partial charge on any atom is 0.297 e. The third-order valence-corrected chi connectivity index (χ3v) is 21.7. The van der Waals surface area contributed by atoms with Gasteiger partial charge in [0.2, 0.25) is 0 Å². The van der Waals surface area contributed by atoms with Gasteiger partial charge in [-0.25, -0.2) is 0 Å². The number of anilines is 6. The average Bonchev–Trinajstić information content (AvgIpc) is 2.58. The summed E-state index contributed by atoms with van der Waals surface area (Å²) in [6.45, 7) is 39.3. The minimum absolute atomic E-state index is 0.00391. The van der Waals surface area contributed by atoms with Crippen LogP contribution in [0.25, 0.3) is 27.7 Å². The van der Waals surface area contributed by atoms with Gasteiger partial charge in [-0.3, -0.25) is 0 Å². The Labute approximate surface area is 474 Å². The number of hydrogen-bond donors (Lipinski definition) is 0. The fourth-order valence-electron chi connectivity index (χ4n) is 16.5. The maximum atomic E-state index is 7.96. The monoisotopic (exact) mass is 1040 g/mol. The lowest BCUT2D eigenvalue weighted by molar-refractivity contribution is 0.332. The molecule has 7 aromatic rings. The van der Waals surface area contributed by atoms with Gasteiger partial charge >= 0.3 is 0 Å². The van der Waals surface area contributed by atoms with Gasteiger partial charge in [-0.1, -0.05) is 171 Å². The third kappa shape index (κ3) is 7.42. The zero-order valence-corrected chi connectivity index (χ0v) is 50.7. The molecule has 1 fully saturated rings. The number of benzene rings is 6. The van der Waals surface area contributed by atoms with Crippen LogP contribution in [0.1, 0.15) is 219 Å². The predicted molar refractivity (Wildman–Crippen MR) is 339 cm³/mol. The molecule has 3 nitrogen and oxygen atoms in total. The second-order valence-corrected chi connectivity index (χ2v) is 31.2. The highest BCUT2D eigenvalue weighted by atomic mass is 16.3. The topological polar surface area (TPSA) is 19.6 Å². The standard InChI is InChI=1S/C75H85BN2O/c1-68(2,3)47-27-28-59(49(35-47)45-23-19-17-20-24-45)77-61-42-55-53(71(9,10)30-32-73(55,13)14)40-58(61)76-65-62(77)36-48(69(4,5)6)37-63(65)78(66-51-39-56-57(43-64(51)79-67(66)76)75(16)34-33-74(56,15)44-75)60-41-54-52(70(7,8)29-31-72(54,11)12)38-50(60)46-25-21-18-22-26-46/h17,19-21,23-28,35-43H,18,22,29-34,44H2,1-16H3. The van der Waals surface area contributed by atoms with E-state index in [2.05, 4.69) is 236 Å². The molecule has 2 aliphatic heterocycles.